The highest BCUT2D eigenvalue weighted by Gasteiger charge is 2.16. The van der Waals surface area contributed by atoms with Gasteiger partial charge in [0, 0.05) is 20.5 Å². The number of nitrogens with two attached hydrogens (primary N) is 1. The Morgan fingerprint density at radius 2 is 1.95 bits per heavy atom. The van der Waals surface area contributed by atoms with Gasteiger partial charge in [0.05, 0.1) is 11.0 Å². The van der Waals surface area contributed by atoms with Gasteiger partial charge < -0.3 is 15.2 Å². The molecule has 0 aliphatic rings. The summed E-state index contributed by atoms with van der Waals surface area (Å²) in [5, 5.41) is 4.03. The number of rotatable bonds is 7. The summed E-state index contributed by atoms with van der Waals surface area (Å²) < 4.78 is 5.29. The molecule has 0 amide bonds. The van der Waals surface area contributed by atoms with Crippen LogP contribution in [0.1, 0.15) is 43.1 Å². The van der Waals surface area contributed by atoms with Gasteiger partial charge in [0.15, 0.2) is 5.82 Å². The van der Waals surface area contributed by atoms with Crippen molar-refractivity contribution in [2.75, 3.05) is 24.7 Å². The molecule has 0 aromatic carbocycles. The Kier molecular flexibility index (Phi) is 5.53. The van der Waals surface area contributed by atoms with Crippen LogP contribution in [0.5, 0.6) is 0 Å². The van der Waals surface area contributed by atoms with E-state index in [0.29, 0.717) is 23.4 Å². The van der Waals surface area contributed by atoms with E-state index in [1.165, 1.54) is 0 Å². The summed E-state index contributed by atoms with van der Waals surface area (Å²) in [7, 11) is 3.73. The van der Waals surface area contributed by atoms with Crippen LogP contribution in [0, 0.1) is 0 Å². The maximum atomic E-state index is 5.71. The Hall–Kier alpha value is -1.90. The van der Waals surface area contributed by atoms with Gasteiger partial charge in [0.1, 0.15) is 5.82 Å². The third kappa shape index (κ3) is 4.30. The normalized spacial score (nSPS) is 12.4. The van der Waals surface area contributed by atoms with Gasteiger partial charge in [-0.25, -0.2) is 0 Å². The molecular formula is C13H21N7OS. The van der Waals surface area contributed by atoms with E-state index in [2.05, 4.69) is 32.0 Å². The van der Waals surface area contributed by atoms with Crippen LogP contribution in [0.3, 0.4) is 0 Å². The van der Waals surface area contributed by atoms with Crippen molar-refractivity contribution in [1.29, 1.82) is 0 Å². The maximum absolute atomic E-state index is 5.71. The molecule has 9 heteroatoms. The topological polar surface area (TPSA) is 107 Å². The lowest BCUT2D eigenvalue weighted by Gasteiger charge is -2.11. The van der Waals surface area contributed by atoms with Crippen molar-refractivity contribution in [2.24, 2.45) is 0 Å². The smallest absolute Gasteiger partial charge is 0.239 e. The summed E-state index contributed by atoms with van der Waals surface area (Å²) in [4.78, 5) is 18.8. The standard InChI is InChI=1S/C13H21N7OS/c1-5-6-9-15-11(21-19-9)8(2)22-7-10-16-12(14)18-13(17-10)20(3)4/h8H,5-7H2,1-4H3,(H2,14,16,17,18). The monoisotopic (exact) mass is 323 g/mol. The summed E-state index contributed by atoms with van der Waals surface area (Å²) in [6, 6.07) is 0. The van der Waals surface area contributed by atoms with Crippen molar-refractivity contribution in [3.8, 4) is 0 Å². The molecule has 0 fully saturated rings. The summed E-state index contributed by atoms with van der Waals surface area (Å²) in [5.74, 6) is 3.40. The van der Waals surface area contributed by atoms with Gasteiger partial charge in [-0.2, -0.15) is 19.9 Å². The van der Waals surface area contributed by atoms with Crippen molar-refractivity contribution < 1.29 is 4.52 Å². The van der Waals surface area contributed by atoms with Gasteiger partial charge in [-0.15, -0.1) is 11.8 Å². The molecule has 8 nitrogen and oxygen atoms in total. The fourth-order valence-corrected chi connectivity index (χ4v) is 2.48. The molecular weight excluding hydrogens is 302 g/mol. The Balaban J connectivity index is 1.99. The number of thioether (sulfide) groups is 1. The third-order valence-corrected chi connectivity index (χ3v) is 3.98. The van der Waals surface area contributed by atoms with E-state index in [0.717, 1.165) is 18.7 Å². The van der Waals surface area contributed by atoms with E-state index < -0.39 is 0 Å². The molecule has 0 spiro atoms. The number of nitrogens with zero attached hydrogens (tertiary/aromatic N) is 6. The molecule has 0 saturated carbocycles. The van der Waals surface area contributed by atoms with Crippen molar-refractivity contribution in [2.45, 2.75) is 37.7 Å². The first-order valence-corrected chi connectivity index (χ1v) is 8.16. The summed E-state index contributed by atoms with van der Waals surface area (Å²) in [5.41, 5.74) is 5.71. The second kappa shape index (κ2) is 7.39. The van der Waals surface area contributed by atoms with Crippen LogP contribution >= 0.6 is 11.8 Å². The number of hydrogen-bond donors (Lipinski definition) is 1. The zero-order valence-corrected chi connectivity index (χ0v) is 14.1. The minimum absolute atomic E-state index is 0.0684. The van der Waals surface area contributed by atoms with Gasteiger partial charge in [-0.1, -0.05) is 12.1 Å². The Morgan fingerprint density at radius 1 is 1.18 bits per heavy atom. The fraction of sp³-hybridized carbons (Fsp3) is 0.615. The lowest BCUT2D eigenvalue weighted by Crippen LogP contribution is -2.16. The summed E-state index contributed by atoms with van der Waals surface area (Å²) >= 11 is 1.62. The predicted molar refractivity (Wildman–Crippen MR) is 86.6 cm³/mol. The average Bonchev–Trinajstić information content (AvgIpc) is 2.93. The molecule has 22 heavy (non-hydrogen) atoms. The van der Waals surface area contributed by atoms with Crippen LogP contribution in [-0.4, -0.2) is 39.2 Å². The van der Waals surface area contributed by atoms with E-state index in [-0.39, 0.29) is 11.2 Å². The van der Waals surface area contributed by atoms with Crippen LogP contribution in [0.4, 0.5) is 11.9 Å². The second-order valence-corrected chi connectivity index (χ2v) is 6.39. The average molecular weight is 323 g/mol. The minimum Gasteiger partial charge on any atom is -0.368 e. The summed E-state index contributed by atoms with van der Waals surface area (Å²) in [6.45, 7) is 4.10. The maximum Gasteiger partial charge on any atom is 0.239 e. The Morgan fingerprint density at radius 3 is 2.64 bits per heavy atom. The molecule has 2 N–H and O–H groups in total. The molecule has 0 saturated heterocycles. The number of nitrogen functional groups attached to an aromatic ring is 1. The molecule has 2 aromatic rings. The van der Waals surface area contributed by atoms with Crippen LogP contribution in [-0.2, 0) is 12.2 Å². The molecule has 1 unspecified atom stereocenters. The molecule has 0 bridgehead atoms. The molecule has 0 aliphatic carbocycles. The van der Waals surface area contributed by atoms with Crippen molar-refractivity contribution in [1.82, 2.24) is 25.1 Å². The molecule has 2 rings (SSSR count). The molecule has 1 atom stereocenters. The first-order valence-electron chi connectivity index (χ1n) is 7.11. The van der Waals surface area contributed by atoms with E-state index in [1.54, 1.807) is 16.7 Å². The molecule has 120 valence electrons. The quantitative estimate of drug-likeness (QED) is 0.816. The van der Waals surface area contributed by atoms with Gasteiger partial charge in [0.2, 0.25) is 17.8 Å². The number of aromatic nitrogens is 5. The Bertz CT molecular complexity index is 616. The molecule has 2 aromatic heterocycles. The largest absolute Gasteiger partial charge is 0.368 e. The van der Waals surface area contributed by atoms with Crippen LogP contribution in [0.2, 0.25) is 0 Å². The fourth-order valence-electron chi connectivity index (χ4n) is 1.72. The van der Waals surface area contributed by atoms with Gasteiger partial charge >= 0.3 is 0 Å². The lowest BCUT2D eigenvalue weighted by atomic mass is 10.3. The zero-order chi connectivity index (χ0) is 16.1. The molecule has 0 radical (unpaired) electrons. The van der Waals surface area contributed by atoms with Crippen LogP contribution < -0.4 is 10.6 Å². The van der Waals surface area contributed by atoms with Gasteiger partial charge in [-0.05, 0) is 13.3 Å². The third-order valence-electron chi connectivity index (χ3n) is 2.85. The van der Waals surface area contributed by atoms with Crippen molar-refractivity contribution in [3.05, 3.63) is 17.5 Å². The second-order valence-electron chi connectivity index (χ2n) is 5.06. The van der Waals surface area contributed by atoms with Crippen LogP contribution in [0.15, 0.2) is 4.52 Å². The highest BCUT2D eigenvalue weighted by molar-refractivity contribution is 7.98. The van der Waals surface area contributed by atoms with Crippen molar-refractivity contribution >= 4 is 23.7 Å². The zero-order valence-electron chi connectivity index (χ0n) is 13.3. The summed E-state index contributed by atoms with van der Waals surface area (Å²) in [6.07, 6.45) is 1.83. The highest BCUT2D eigenvalue weighted by atomic mass is 32.2. The van der Waals surface area contributed by atoms with Crippen molar-refractivity contribution in [3.63, 3.8) is 0 Å². The SMILES string of the molecule is CCCc1noc(C(C)SCc2nc(N)nc(N(C)C)n2)n1. The molecule has 2 heterocycles. The van der Waals surface area contributed by atoms with E-state index in [1.807, 2.05) is 21.0 Å². The number of aryl methyl sites for hydroxylation is 1. The minimum atomic E-state index is 0.0684. The lowest BCUT2D eigenvalue weighted by molar-refractivity contribution is 0.374. The van der Waals surface area contributed by atoms with E-state index in [9.17, 15) is 0 Å². The van der Waals surface area contributed by atoms with Gasteiger partial charge in [0.25, 0.3) is 0 Å². The number of anilines is 2. The van der Waals surface area contributed by atoms with Gasteiger partial charge in [-0.3, -0.25) is 0 Å². The first kappa shape index (κ1) is 16.5. The van der Waals surface area contributed by atoms with E-state index >= 15 is 0 Å². The predicted octanol–water partition coefficient (Wildman–Crippen LogP) is 1.85. The van der Waals surface area contributed by atoms with Crippen LogP contribution in [0.25, 0.3) is 0 Å². The first-order chi connectivity index (χ1) is 10.5. The highest BCUT2D eigenvalue weighted by Crippen LogP contribution is 2.29. The Labute approximate surface area is 133 Å². The van der Waals surface area contributed by atoms with E-state index in [4.69, 9.17) is 10.3 Å². The number of hydrogen-bond acceptors (Lipinski definition) is 9. The molecule has 0 aliphatic heterocycles.